The summed E-state index contributed by atoms with van der Waals surface area (Å²) in [6, 6.07) is 28.1. The lowest BCUT2D eigenvalue weighted by molar-refractivity contribution is 0.563. The number of benzene rings is 4. The van der Waals surface area contributed by atoms with Crippen molar-refractivity contribution < 1.29 is 4.42 Å². The second-order valence-corrected chi connectivity index (χ2v) is 6.21. The first-order chi connectivity index (χ1) is 12.3. The molecule has 0 bridgehead atoms. The highest BCUT2D eigenvalue weighted by atomic mass is 16.4. The minimum atomic E-state index is -0.306. The van der Waals surface area contributed by atoms with Crippen LogP contribution in [0.15, 0.2) is 94.1 Å². The molecule has 5 rings (SSSR count). The second-order valence-electron chi connectivity index (χ2n) is 6.21. The maximum atomic E-state index is 12.6. The molecule has 0 saturated carbocycles. The molecule has 0 amide bonds. The maximum Gasteiger partial charge on any atom is 0.344 e. The molecule has 2 nitrogen and oxygen atoms in total. The molecule has 25 heavy (non-hydrogen) atoms. The molecular weight excluding hydrogens is 308 g/mol. The molecule has 0 unspecified atom stereocenters. The van der Waals surface area contributed by atoms with E-state index in [2.05, 4.69) is 30.3 Å². The van der Waals surface area contributed by atoms with Crippen molar-refractivity contribution >= 4 is 32.5 Å². The van der Waals surface area contributed by atoms with Crippen molar-refractivity contribution in [1.29, 1.82) is 0 Å². The number of fused-ring (bicyclic) bond motifs is 3. The first-order valence-electron chi connectivity index (χ1n) is 8.24. The number of hydrogen-bond acceptors (Lipinski definition) is 2. The molecule has 0 aliphatic carbocycles. The van der Waals surface area contributed by atoms with Gasteiger partial charge in [-0.05, 0) is 51.4 Å². The molecule has 0 aliphatic rings. The van der Waals surface area contributed by atoms with Crippen molar-refractivity contribution in [3.63, 3.8) is 0 Å². The van der Waals surface area contributed by atoms with Gasteiger partial charge in [-0.15, -0.1) is 0 Å². The van der Waals surface area contributed by atoms with E-state index in [0.29, 0.717) is 11.1 Å². The minimum absolute atomic E-state index is 0.306. The van der Waals surface area contributed by atoms with E-state index < -0.39 is 0 Å². The summed E-state index contributed by atoms with van der Waals surface area (Å²) in [6.07, 6.45) is 0. The predicted octanol–water partition coefficient (Wildman–Crippen LogP) is 5.77. The largest absolute Gasteiger partial charge is 0.422 e. The Labute approximate surface area is 143 Å². The minimum Gasteiger partial charge on any atom is -0.422 e. The van der Waals surface area contributed by atoms with Crippen LogP contribution in [0.2, 0.25) is 0 Å². The van der Waals surface area contributed by atoms with Crippen LogP contribution in [-0.4, -0.2) is 0 Å². The molecule has 0 saturated heterocycles. The van der Waals surface area contributed by atoms with Gasteiger partial charge < -0.3 is 4.42 Å². The Balaban J connectivity index is 1.87. The van der Waals surface area contributed by atoms with Crippen LogP contribution in [0.3, 0.4) is 0 Å². The highest BCUT2D eigenvalue weighted by Gasteiger charge is 2.11. The standard InChI is InChI=1S/C23H14O2/c24-23-21(14-18-8-3-4-11-22(18)25-23)19-10-5-9-17-12-15-6-1-2-7-16(15)13-20(17)19/h1-14H. The molecular formula is C23H14O2. The summed E-state index contributed by atoms with van der Waals surface area (Å²) in [7, 11) is 0. The van der Waals surface area contributed by atoms with Gasteiger partial charge in [-0.3, -0.25) is 0 Å². The quantitative estimate of drug-likeness (QED) is 0.290. The molecule has 0 aliphatic heterocycles. The lowest BCUT2D eigenvalue weighted by Crippen LogP contribution is -2.02. The molecule has 2 heteroatoms. The summed E-state index contributed by atoms with van der Waals surface area (Å²) in [4.78, 5) is 12.6. The van der Waals surface area contributed by atoms with Crippen LogP contribution in [0.5, 0.6) is 0 Å². The van der Waals surface area contributed by atoms with E-state index in [9.17, 15) is 4.79 Å². The molecule has 0 fully saturated rings. The summed E-state index contributed by atoms with van der Waals surface area (Å²) in [5.74, 6) is 0. The Bertz CT molecular complexity index is 1310. The fourth-order valence-corrected chi connectivity index (χ4v) is 3.45. The van der Waals surface area contributed by atoms with Crippen molar-refractivity contribution in [2.24, 2.45) is 0 Å². The van der Waals surface area contributed by atoms with Crippen LogP contribution in [0.1, 0.15) is 0 Å². The van der Waals surface area contributed by atoms with Gasteiger partial charge in [0.15, 0.2) is 0 Å². The normalized spacial score (nSPS) is 11.4. The fraction of sp³-hybridized carbons (Fsp3) is 0. The first kappa shape index (κ1) is 14.0. The predicted molar refractivity (Wildman–Crippen MR) is 103 cm³/mol. The average molecular weight is 322 g/mol. The third-order valence-electron chi connectivity index (χ3n) is 4.68. The van der Waals surface area contributed by atoms with E-state index in [0.717, 1.165) is 27.1 Å². The lowest BCUT2D eigenvalue weighted by atomic mass is 9.96. The first-order valence-corrected chi connectivity index (χ1v) is 8.24. The summed E-state index contributed by atoms with van der Waals surface area (Å²) in [6.45, 7) is 0. The van der Waals surface area contributed by atoms with Gasteiger partial charge in [-0.25, -0.2) is 4.79 Å². The second kappa shape index (κ2) is 5.32. The SMILES string of the molecule is O=c1oc2ccccc2cc1-c1cccc2cc3ccccc3cc12. The molecule has 1 heterocycles. The fourth-order valence-electron chi connectivity index (χ4n) is 3.45. The zero-order valence-electron chi connectivity index (χ0n) is 13.4. The molecule has 5 aromatic rings. The Hall–Kier alpha value is -3.39. The molecule has 0 N–H and O–H groups in total. The molecule has 118 valence electrons. The van der Waals surface area contributed by atoms with Gasteiger partial charge in [-0.2, -0.15) is 0 Å². The van der Waals surface area contributed by atoms with Gasteiger partial charge in [0.2, 0.25) is 0 Å². The van der Waals surface area contributed by atoms with E-state index in [-0.39, 0.29) is 5.63 Å². The summed E-state index contributed by atoms with van der Waals surface area (Å²) < 4.78 is 5.53. The van der Waals surface area contributed by atoms with Crippen molar-refractivity contribution in [3.05, 3.63) is 95.3 Å². The topological polar surface area (TPSA) is 30.2 Å². The van der Waals surface area contributed by atoms with Gasteiger partial charge in [0.05, 0.1) is 5.56 Å². The van der Waals surface area contributed by atoms with Gasteiger partial charge >= 0.3 is 5.63 Å². The van der Waals surface area contributed by atoms with Gasteiger partial charge in [0.25, 0.3) is 0 Å². The third-order valence-corrected chi connectivity index (χ3v) is 4.68. The lowest BCUT2D eigenvalue weighted by Gasteiger charge is -2.08. The molecule has 0 spiro atoms. The zero-order valence-corrected chi connectivity index (χ0v) is 13.4. The Kier molecular flexibility index (Phi) is 2.98. The van der Waals surface area contributed by atoms with E-state index in [4.69, 9.17) is 4.42 Å². The zero-order chi connectivity index (χ0) is 16.8. The molecule has 0 atom stereocenters. The smallest absolute Gasteiger partial charge is 0.344 e. The van der Waals surface area contributed by atoms with Crippen LogP contribution in [-0.2, 0) is 0 Å². The summed E-state index contributed by atoms with van der Waals surface area (Å²) >= 11 is 0. The van der Waals surface area contributed by atoms with Crippen LogP contribution in [0.25, 0.3) is 43.6 Å². The van der Waals surface area contributed by atoms with E-state index >= 15 is 0 Å². The third kappa shape index (κ3) is 2.23. The Morgan fingerprint density at radius 1 is 0.560 bits per heavy atom. The number of rotatable bonds is 1. The van der Waals surface area contributed by atoms with Gasteiger partial charge in [0, 0.05) is 5.39 Å². The van der Waals surface area contributed by atoms with Crippen LogP contribution in [0, 0.1) is 0 Å². The molecule has 1 aromatic heterocycles. The highest BCUT2D eigenvalue weighted by Crippen LogP contribution is 2.31. The molecule has 0 radical (unpaired) electrons. The maximum absolute atomic E-state index is 12.6. The van der Waals surface area contributed by atoms with Crippen LogP contribution >= 0.6 is 0 Å². The summed E-state index contributed by atoms with van der Waals surface area (Å²) in [5, 5.41) is 5.45. The van der Waals surface area contributed by atoms with Gasteiger partial charge in [-0.1, -0.05) is 60.7 Å². The van der Waals surface area contributed by atoms with Crippen LogP contribution in [0.4, 0.5) is 0 Å². The van der Waals surface area contributed by atoms with Crippen LogP contribution < -0.4 is 5.63 Å². The Morgan fingerprint density at radius 3 is 2.08 bits per heavy atom. The Morgan fingerprint density at radius 2 is 1.24 bits per heavy atom. The van der Waals surface area contributed by atoms with E-state index in [1.54, 1.807) is 0 Å². The number of hydrogen-bond donors (Lipinski definition) is 0. The monoisotopic (exact) mass is 322 g/mol. The molecule has 4 aromatic carbocycles. The van der Waals surface area contributed by atoms with Crippen molar-refractivity contribution in [1.82, 2.24) is 0 Å². The van der Waals surface area contributed by atoms with E-state index in [1.165, 1.54) is 5.39 Å². The number of para-hydroxylation sites is 1. The van der Waals surface area contributed by atoms with Crippen molar-refractivity contribution in [2.75, 3.05) is 0 Å². The van der Waals surface area contributed by atoms with E-state index in [1.807, 2.05) is 54.6 Å². The van der Waals surface area contributed by atoms with Crippen molar-refractivity contribution in [3.8, 4) is 11.1 Å². The van der Waals surface area contributed by atoms with Gasteiger partial charge in [0.1, 0.15) is 5.58 Å². The van der Waals surface area contributed by atoms with Crippen molar-refractivity contribution in [2.45, 2.75) is 0 Å². The highest BCUT2D eigenvalue weighted by molar-refractivity contribution is 6.05. The summed E-state index contributed by atoms with van der Waals surface area (Å²) in [5.41, 5.74) is 1.81. The average Bonchev–Trinajstić information content (AvgIpc) is 2.65.